The van der Waals surface area contributed by atoms with E-state index in [9.17, 15) is 10.1 Å². The van der Waals surface area contributed by atoms with Crippen molar-refractivity contribution < 1.29 is 9.53 Å². The number of hydrogen-bond acceptors (Lipinski definition) is 4. The first kappa shape index (κ1) is 29.1. The fraction of sp³-hybridized carbons (Fsp3) is 0.375. The van der Waals surface area contributed by atoms with Crippen molar-refractivity contribution in [1.82, 2.24) is 4.90 Å². The maximum atomic E-state index is 13.4. The molecular formula is C32H37N2NaO2. The van der Waals surface area contributed by atoms with E-state index in [2.05, 4.69) is 54.3 Å². The van der Waals surface area contributed by atoms with Crippen molar-refractivity contribution in [2.45, 2.75) is 49.9 Å². The Morgan fingerprint density at radius 2 is 1.43 bits per heavy atom. The van der Waals surface area contributed by atoms with Gasteiger partial charge in [0.05, 0.1) is 18.1 Å². The zero-order valence-electron chi connectivity index (χ0n) is 21.2. The molecular weight excluding hydrogens is 467 g/mol. The Morgan fingerprint density at radius 1 is 0.919 bits per heavy atom. The third-order valence-corrected chi connectivity index (χ3v) is 7.68. The monoisotopic (exact) mass is 504 g/mol. The summed E-state index contributed by atoms with van der Waals surface area (Å²) < 4.78 is 5.76. The second kappa shape index (κ2) is 13.9. The molecule has 0 unspecified atom stereocenters. The molecule has 5 heteroatoms. The molecule has 4 nitrogen and oxygen atoms in total. The van der Waals surface area contributed by atoms with E-state index in [-0.39, 0.29) is 35.5 Å². The average molecular weight is 505 g/mol. The van der Waals surface area contributed by atoms with Gasteiger partial charge < -0.3 is 9.64 Å². The molecule has 0 bridgehead atoms. The number of piperidine rings is 1. The van der Waals surface area contributed by atoms with Gasteiger partial charge in [0.25, 0.3) is 0 Å². The van der Waals surface area contributed by atoms with Crippen molar-refractivity contribution in [3.8, 4) is 6.07 Å². The van der Waals surface area contributed by atoms with E-state index in [1.165, 1.54) is 0 Å². The van der Waals surface area contributed by atoms with Crippen molar-refractivity contribution in [3.05, 3.63) is 108 Å². The summed E-state index contributed by atoms with van der Waals surface area (Å²) in [6.45, 7) is 4.96. The van der Waals surface area contributed by atoms with E-state index in [1.807, 2.05) is 54.6 Å². The summed E-state index contributed by atoms with van der Waals surface area (Å²) in [5, 5.41) is 10.5. The summed E-state index contributed by atoms with van der Waals surface area (Å²) >= 11 is 0. The number of benzene rings is 3. The first-order chi connectivity index (χ1) is 17.6. The van der Waals surface area contributed by atoms with Crippen LogP contribution in [0.2, 0.25) is 0 Å². The van der Waals surface area contributed by atoms with Crippen LogP contribution < -0.4 is 0 Å². The third-order valence-electron chi connectivity index (χ3n) is 7.68. The van der Waals surface area contributed by atoms with Crippen molar-refractivity contribution in [1.29, 1.82) is 5.26 Å². The summed E-state index contributed by atoms with van der Waals surface area (Å²) in [7, 11) is 0. The first-order valence-electron chi connectivity index (χ1n) is 13.1. The van der Waals surface area contributed by atoms with E-state index >= 15 is 0 Å². The van der Waals surface area contributed by atoms with Crippen LogP contribution in [0, 0.1) is 11.3 Å². The Labute approximate surface area is 243 Å². The van der Waals surface area contributed by atoms with Crippen molar-refractivity contribution >= 4 is 35.5 Å². The molecule has 0 aliphatic carbocycles. The van der Waals surface area contributed by atoms with Crippen LogP contribution >= 0.6 is 0 Å². The number of carbonyl (C=O) groups is 1. The molecule has 3 aromatic rings. The minimum absolute atomic E-state index is 0. The van der Waals surface area contributed by atoms with Gasteiger partial charge in [0.2, 0.25) is 0 Å². The van der Waals surface area contributed by atoms with Gasteiger partial charge in [-0.15, -0.1) is 0 Å². The van der Waals surface area contributed by atoms with Crippen LogP contribution in [-0.4, -0.2) is 66.7 Å². The molecule has 0 spiro atoms. The molecule has 1 saturated heterocycles. The molecule has 1 aliphatic rings. The van der Waals surface area contributed by atoms with Gasteiger partial charge in [-0.25, -0.2) is 0 Å². The van der Waals surface area contributed by atoms with Gasteiger partial charge in [-0.2, -0.15) is 5.26 Å². The number of esters is 1. The Kier molecular flexibility index (Phi) is 11.0. The van der Waals surface area contributed by atoms with Crippen LogP contribution in [0.15, 0.2) is 91.0 Å². The van der Waals surface area contributed by atoms with E-state index < -0.39 is 10.8 Å². The number of rotatable bonds is 10. The summed E-state index contributed by atoms with van der Waals surface area (Å²) in [5.41, 5.74) is 1.78. The second-order valence-electron chi connectivity index (χ2n) is 9.78. The number of hydrogen-bond donors (Lipinski definition) is 0. The number of unbranched alkanes of at least 4 members (excludes halogenated alkanes) is 1. The summed E-state index contributed by atoms with van der Waals surface area (Å²) in [6.07, 6.45) is 4.02. The van der Waals surface area contributed by atoms with E-state index in [0.29, 0.717) is 13.0 Å². The molecule has 0 saturated carbocycles. The first-order valence-corrected chi connectivity index (χ1v) is 13.1. The second-order valence-corrected chi connectivity index (χ2v) is 9.78. The van der Waals surface area contributed by atoms with Gasteiger partial charge in [0.15, 0.2) is 0 Å². The Hall–Kier alpha value is -2.42. The minimum atomic E-state index is -0.713. The van der Waals surface area contributed by atoms with Gasteiger partial charge in [-0.05, 0) is 55.5 Å². The Bertz CT molecular complexity index is 1100. The van der Waals surface area contributed by atoms with Gasteiger partial charge in [-0.3, -0.25) is 4.79 Å². The molecule has 0 N–H and O–H groups in total. The van der Waals surface area contributed by atoms with Crippen LogP contribution in [0.1, 0.15) is 55.7 Å². The summed E-state index contributed by atoms with van der Waals surface area (Å²) in [5.74, 6) is -0.0956. The van der Waals surface area contributed by atoms with Crippen LogP contribution in [-0.2, 0) is 20.4 Å². The number of carbonyl (C=O) groups excluding carboxylic acids is 1. The van der Waals surface area contributed by atoms with Crippen molar-refractivity contribution in [2.75, 3.05) is 26.2 Å². The molecule has 0 atom stereocenters. The normalized spacial score (nSPS) is 15.2. The standard InChI is InChI=1S/C32H36N2O2.Na.H/c1-2-3-25-36-30(35)31(27-13-7-4-8-14-27)19-22-34(23-20-31)24-21-32(26-33,28-15-9-5-10-16-28)29-17-11-6-12-18-29;;/h4-18H,2-3,19-25H2,1H3;;. The fourth-order valence-corrected chi connectivity index (χ4v) is 5.39. The molecule has 3 aromatic carbocycles. The molecule has 1 aliphatic heterocycles. The molecule has 1 fully saturated rings. The number of ether oxygens (including phenoxy) is 1. The van der Waals surface area contributed by atoms with Crippen LogP contribution in [0.5, 0.6) is 0 Å². The topological polar surface area (TPSA) is 53.3 Å². The number of likely N-dealkylation sites (tertiary alicyclic amines) is 1. The molecule has 0 radical (unpaired) electrons. The van der Waals surface area contributed by atoms with Gasteiger partial charge in [0, 0.05) is 6.54 Å². The van der Waals surface area contributed by atoms with Gasteiger partial charge >= 0.3 is 35.5 Å². The van der Waals surface area contributed by atoms with Crippen molar-refractivity contribution in [3.63, 3.8) is 0 Å². The van der Waals surface area contributed by atoms with Crippen LogP contribution in [0.4, 0.5) is 0 Å². The molecule has 37 heavy (non-hydrogen) atoms. The SMILES string of the molecule is CCCCOC(=O)C1(c2ccccc2)CCN(CCC(C#N)(c2ccccc2)c2ccccc2)CC1.[NaH]. The maximum absolute atomic E-state index is 13.4. The zero-order chi connectivity index (χ0) is 25.3. The van der Waals surface area contributed by atoms with Crippen molar-refractivity contribution in [2.24, 2.45) is 0 Å². The Morgan fingerprint density at radius 3 is 1.92 bits per heavy atom. The quantitative estimate of drug-likeness (QED) is 0.204. The Balaban J connectivity index is 0.00000380. The molecule has 1 heterocycles. The summed E-state index contributed by atoms with van der Waals surface area (Å²) in [6, 6.07) is 33.0. The predicted octanol–water partition coefficient (Wildman–Crippen LogP) is 5.61. The van der Waals surface area contributed by atoms with Gasteiger partial charge in [0.1, 0.15) is 5.41 Å². The average Bonchev–Trinajstić information content (AvgIpc) is 2.96. The molecule has 0 aromatic heterocycles. The molecule has 188 valence electrons. The number of nitrogens with zero attached hydrogens (tertiary/aromatic N) is 2. The van der Waals surface area contributed by atoms with E-state index in [0.717, 1.165) is 62.0 Å². The van der Waals surface area contributed by atoms with Crippen LogP contribution in [0.25, 0.3) is 0 Å². The predicted molar refractivity (Wildman–Crippen MR) is 151 cm³/mol. The van der Waals surface area contributed by atoms with Gasteiger partial charge in [-0.1, -0.05) is 104 Å². The third kappa shape index (κ3) is 6.54. The van der Waals surface area contributed by atoms with E-state index in [1.54, 1.807) is 0 Å². The number of nitriles is 1. The summed E-state index contributed by atoms with van der Waals surface area (Å²) in [4.78, 5) is 15.8. The molecule has 0 amide bonds. The van der Waals surface area contributed by atoms with Crippen LogP contribution in [0.3, 0.4) is 0 Å². The molecule has 4 rings (SSSR count). The zero-order valence-corrected chi connectivity index (χ0v) is 21.2. The fourth-order valence-electron chi connectivity index (χ4n) is 5.39. The van der Waals surface area contributed by atoms with E-state index in [4.69, 9.17) is 4.74 Å².